The average molecular weight is 385 g/mol. The maximum absolute atomic E-state index is 6.00. The van der Waals surface area contributed by atoms with E-state index >= 15 is 0 Å². The number of aromatic nitrogens is 4. The number of nitrogens with two attached hydrogens (primary N) is 1. The van der Waals surface area contributed by atoms with Crippen LogP contribution in [0.5, 0.6) is 0 Å². The topological polar surface area (TPSA) is 108 Å². The number of H-pyrrole nitrogens is 1. The smallest absolute Gasteiger partial charge is 0.226 e. The number of fused-ring (bicyclic) bond motifs is 2. The molecule has 0 aliphatic carbocycles. The van der Waals surface area contributed by atoms with Crippen LogP contribution in [0.1, 0.15) is 25.0 Å². The standard InChI is InChI=1S/C18H24N8S/c1-10-6-15(25-24-10)21-16-14-3-5-27-17(14)23-18(22-16)20-11-7-12-2-4-26(12)13(8-11)9-19/h3,5-6,11-13H,2,4,7-9,19H2,1H3,(H3,20,21,22,23,24,25)/t11-,12-,13-/m0/s1. The summed E-state index contributed by atoms with van der Waals surface area (Å²) in [5.74, 6) is 2.22. The summed E-state index contributed by atoms with van der Waals surface area (Å²) in [6.45, 7) is 3.88. The van der Waals surface area contributed by atoms with E-state index in [4.69, 9.17) is 15.7 Å². The Morgan fingerprint density at radius 3 is 3.04 bits per heavy atom. The summed E-state index contributed by atoms with van der Waals surface area (Å²) in [6, 6.07) is 5.48. The second-order valence-corrected chi connectivity index (χ2v) is 8.37. The van der Waals surface area contributed by atoms with Crippen molar-refractivity contribution in [2.45, 2.75) is 44.3 Å². The largest absolute Gasteiger partial charge is 0.351 e. The number of anilines is 3. The second-order valence-electron chi connectivity index (χ2n) is 7.48. The highest BCUT2D eigenvalue weighted by Gasteiger charge is 2.40. The number of piperidine rings is 1. The maximum atomic E-state index is 6.00. The Morgan fingerprint density at radius 2 is 2.30 bits per heavy atom. The van der Waals surface area contributed by atoms with Crippen LogP contribution in [0.25, 0.3) is 10.2 Å². The lowest BCUT2D eigenvalue weighted by Crippen LogP contribution is -2.61. The van der Waals surface area contributed by atoms with Crippen LogP contribution < -0.4 is 16.4 Å². The molecule has 8 nitrogen and oxygen atoms in total. The van der Waals surface area contributed by atoms with Gasteiger partial charge in [-0.15, -0.1) is 11.3 Å². The Balaban J connectivity index is 1.40. The van der Waals surface area contributed by atoms with Gasteiger partial charge in [-0.2, -0.15) is 10.1 Å². The molecular weight excluding hydrogens is 360 g/mol. The number of aryl methyl sites for hydroxylation is 1. The minimum atomic E-state index is 0.359. The van der Waals surface area contributed by atoms with Crippen molar-refractivity contribution in [1.82, 2.24) is 25.1 Å². The molecule has 5 rings (SSSR count). The van der Waals surface area contributed by atoms with Crippen LogP contribution in [-0.4, -0.2) is 56.3 Å². The highest BCUT2D eigenvalue weighted by molar-refractivity contribution is 7.16. The predicted molar refractivity (Wildman–Crippen MR) is 109 cm³/mol. The van der Waals surface area contributed by atoms with Crippen LogP contribution in [0.4, 0.5) is 17.6 Å². The van der Waals surface area contributed by atoms with Gasteiger partial charge in [0.05, 0.1) is 5.39 Å². The SMILES string of the molecule is Cc1cc(Nc2nc(N[C@@H]3C[C@@H](CN)N4CC[C@H]4C3)nc3sccc23)n[nH]1. The van der Waals surface area contributed by atoms with E-state index in [1.165, 1.54) is 13.0 Å². The van der Waals surface area contributed by atoms with Gasteiger partial charge < -0.3 is 16.4 Å². The molecule has 9 heteroatoms. The monoisotopic (exact) mass is 384 g/mol. The Labute approximate surface area is 161 Å². The number of rotatable bonds is 5. The van der Waals surface area contributed by atoms with Crippen molar-refractivity contribution in [2.24, 2.45) is 5.73 Å². The molecule has 2 fully saturated rings. The molecule has 3 atom stereocenters. The molecule has 142 valence electrons. The number of nitrogens with zero attached hydrogens (tertiary/aromatic N) is 4. The van der Waals surface area contributed by atoms with Crippen molar-refractivity contribution in [1.29, 1.82) is 0 Å². The summed E-state index contributed by atoms with van der Waals surface area (Å²) in [6.07, 6.45) is 3.44. The number of nitrogens with one attached hydrogen (secondary N) is 3. The molecule has 3 aromatic rings. The maximum Gasteiger partial charge on any atom is 0.226 e. The number of thiophene rings is 1. The number of hydrogen-bond donors (Lipinski definition) is 4. The zero-order valence-corrected chi connectivity index (χ0v) is 16.1. The third-order valence-corrected chi connectivity index (χ3v) is 6.46. The molecule has 0 bridgehead atoms. The molecule has 0 amide bonds. The normalized spacial score (nSPS) is 25.2. The lowest BCUT2D eigenvalue weighted by molar-refractivity contribution is 0.00168. The van der Waals surface area contributed by atoms with Crippen LogP contribution in [0.3, 0.4) is 0 Å². The van der Waals surface area contributed by atoms with Gasteiger partial charge in [0.15, 0.2) is 5.82 Å². The van der Waals surface area contributed by atoms with Crippen LogP contribution in [0.15, 0.2) is 17.5 Å². The lowest BCUT2D eigenvalue weighted by atomic mass is 9.84. The van der Waals surface area contributed by atoms with Crippen LogP contribution >= 0.6 is 11.3 Å². The average Bonchev–Trinajstić information content (AvgIpc) is 3.26. The first-order valence-corrected chi connectivity index (χ1v) is 10.3. The van der Waals surface area contributed by atoms with Crippen molar-refractivity contribution in [2.75, 3.05) is 23.7 Å². The van der Waals surface area contributed by atoms with E-state index in [2.05, 4.69) is 25.7 Å². The third kappa shape index (κ3) is 3.15. The van der Waals surface area contributed by atoms with Gasteiger partial charge in [-0.1, -0.05) is 0 Å². The molecule has 2 aliphatic rings. The molecule has 0 radical (unpaired) electrons. The molecule has 0 spiro atoms. The Hall–Kier alpha value is -2.23. The quantitative estimate of drug-likeness (QED) is 0.535. The molecule has 2 saturated heterocycles. The third-order valence-electron chi connectivity index (χ3n) is 5.65. The van der Waals surface area contributed by atoms with Gasteiger partial charge in [0, 0.05) is 43.0 Å². The fourth-order valence-corrected chi connectivity index (χ4v) is 5.00. The van der Waals surface area contributed by atoms with Gasteiger partial charge in [-0.05, 0) is 37.6 Å². The van der Waals surface area contributed by atoms with E-state index in [0.29, 0.717) is 30.6 Å². The van der Waals surface area contributed by atoms with E-state index in [9.17, 15) is 0 Å². The summed E-state index contributed by atoms with van der Waals surface area (Å²) in [4.78, 5) is 13.0. The van der Waals surface area contributed by atoms with Gasteiger partial charge in [0.1, 0.15) is 10.6 Å². The first kappa shape index (κ1) is 16.9. The van der Waals surface area contributed by atoms with Crippen molar-refractivity contribution < 1.29 is 0 Å². The summed E-state index contributed by atoms with van der Waals surface area (Å²) < 4.78 is 0. The molecule has 5 N–H and O–H groups in total. The van der Waals surface area contributed by atoms with Gasteiger partial charge >= 0.3 is 0 Å². The van der Waals surface area contributed by atoms with Gasteiger partial charge in [0.25, 0.3) is 0 Å². The number of hydrogen-bond acceptors (Lipinski definition) is 8. The molecular formula is C18H24N8S. The molecule has 3 aromatic heterocycles. The van der Waals surface area contributed by atoms with E-state index in [1.54, 1.807) is 11.3 Å². The van der Waals surface area contributed by atoms with Crippen molar-refractivity contribution >= 4 is 39.1 Å². The molecule has 5 heterocycles. The molecule has 0 saturated carbocycles. The Morgan fingerprint density at radius 1 is 1.37 bits per heavy atom. The predicted octanol–water partition coefficient (Wildman–Crippen LogP) is 2.44. The van der Waals surface area contributed by atoms with Crippen molar-refractivity contribution in [3.8, 4) is 0 Å². The molecule has 0 unspecified atom stereocenters. The number of aromatic amines is 1. The van der Waals surface area contributed by atoms with Crippen molar-refractivity contribution in [3.05, 3.63) is 23.2 Å². The zero-order chi connectivity index (χ0) is 18.4. The molecule has 2 aliphatic heterocycles. The van der Waals surface area contributed by atoms with E-state index in [-0.39, 0.29) is 0 Å². The summed E-state index contributed by atoms with van der Waals surface area (Å²) in [7, 11) is 0. The van der Waals surface area contributed by atoms with Crippen LogP contribution in [0.2, 0.25) is 0 Å². The van der Waals surface area contributed by atoms with Crippen molar-refractivity contribution in [3.63, 3.8) is 0 Å². The lowest BCUT2D eigenvalue weighted by Gasteiger charge is -2.52. The summed E-state index contributed by atoms with van der Waals surface area (Å²) in [5.41, 5.74) is 7.01. The molecule has 27 heavy (non-hydrogen) atoms. The van der Waals surface area contributed by atoms with Gasteiger partial charge in [0.2, 0.25) is 5.95 Å². The van der Waals surface area contributed by atoms with Crippen LogP contribution in [0, 0.1) is 6.92 Å². The summed E-state index contributed by atoms with van der Waals surface area (Å²) in [5, 5.41) is 17.2. The first-order chi connectivity index (χ1) is 13.2. The fourth-order valence-electron chi connectivity index (χ4n) is 4.23. The van der Waals surface area contributed by atoms with Gasteiger partial charge in [-0.3, -0.25) is 10.00 Å². The van der Waals surface area contributed by atoms with E-state index in [1.807, 2.05) is 24.4 Å². The minimum Gasteiger partial charge on any atom is -0.351 e. The van der Waals surface area contributed by atoms with E-state index < -0.39 is 0 Å². The second kappa shape index (κ2) is 6.74. The van der Waals surface area contributed by atoms with Crippen LogP contribution in [-0.2, 0) is 0 Å². The Kier molecular flexibility index (Phi) is 4.22. The minimum absolute atomic E-state index is 0.359. The highest BCUT2D eigenvalue weighted by atomic mass is 32.1. The molecule has 0 aromatic carbocycles. The van der Waals surface area contributed by atoms with E-state index in [0.717, 1.165) is 40.4 Å². The highest BCUT2D eigenvalue weighted by Crippen LogP contribution is 2.34. The summed E-state index contributed by atoms with van der Waals surface area (Å²) >= 11 is 1.62. The fraction of sp³-hybridized carbons (Fsp3) is 0.500. The first-order valence-electron chi connectivity index (χ1n) is 9.46. The van der Waals surface area contributed by atoms with Gasteiger partial charge in [-0.25, -0.2) is 4.98 Å². The Bertz CT molecular complexity index is 950. The zero-order valence-electron chi connectivity index (χ0n) is 15.3.